The van der Waals surface area contributed by atoms with E-state index in [0.717, 1.165) is 12.8 Å². The van der Waals surface area contributed by atoms with Crippen molar-refractivity contribution in [2.75, 3.05) is 0 Å². The fourth-order valence-electron chi connectivity index (χ4n) is 5.34. The summed E-state index contributed by atoms with van der Waals surface area (Å²) in [5.74, 6) is 0.362. The predicted molar refractivity (Wildman–Crippen MR) is 120 cm³/mol. The van der Waals surface area contributed by atoms with Gasteiger partial charge in [0.05, 0.1) is 5.39 Å². The van der Waals surface area contributed by atoms with Gasteiger partial charge in [-0.2, -0.15) is 5.10 Å². The van der Waals surface area contributed by atoms with Crippen molar-refractivity contribution < 1.29 is 14.4 Å². The molecule has 6 rings (SSSR count). The van der Waals surface area contributed by atoms with Crippen LogP contribution in [-0.4, -0.2) is 55.4 Å². The van der Waals surface area contributed by atoms with Gasteiger partial charge >= 0.3 is 0 Å². The molecule has 1 saturated heterocycles. The average Bonchev–Trinajstić information content (AvgIpc) is 3.70. The summed E-state index contributed by atoms with van der Waals surface area (Å²) in [5.41, 5.74) is 2.06. The van der Waals surface area contributed by atoms with Crippen LogP contribution in [0.15, 0.2) is 48.7 Å². The third-order valence-electron chi connectivity index (χ3n) is 7.17. The van der Waals surface area contributed by atoms with E-state index in [1.165, 1.54) is 17.2 Å². The second-order valence-corrected chi connectivity index (χ2v) is 9.42. The predicted octanol–water partition coefficient (Wildman–Crippen LogP) is 2.30. The van der Waals surface area contributed by atoms with Gasteiger partial charge in [-0.15, -0.1) is 0 Å². The highest BCUT2D eigenvalue weighted by atomic mass is 16.2. The van der Waals surface area contributed by atoms with Crippen molar-refractivity contribution in [1.82, 2.24) is 25.0 Å². The third-order valence-corrected chi connectivity index (χ3v) is 7.17. The molecule has 2 amide bonds. The van der Waals surface area contributed by atoms with E-state index in [9.17, 15) is 14.4 Å². The Morgan fingerprint density at radius 1 is 1.06 bits per heavy atom. The molecule has 0 radical (unpaired) electrons. The van der Waals surface area contributed by atoms with E-state index in [1.54, 1.807) is 23.2 Å². The smallest absolute Gasteiger partial charge is 0.245 e. The van der Waals surface area contributed by atoms with E-state index in [0.29, 0.717) is 35.0 Å². The molecule has 0 bridgehead atoms. The molecule has 2 aromatic heterocycles. The summed E-state index contributed by atoms with van der Waals surface area (Å²) in [6.07, 6.45) is 4.21. The number of nitrogens with one attached hydrogen (secondary N) is 1. The number of piperidine rings is 1. The molecular weight excluding hydrogens is 418 g/mol. The standard InChI is InChI=1S/C25H25N5O3/c1-14(31)23-17-8-5-9-26-24(17)29(28-23)13-22(32)30-20-10-16(20)11-21(30)25(33)27-19-12-18(19)15-6-3-2-4-7-15/h2-9,16,18-21H,10-13H2,1H3,(H,27,33)/t16-,18+,19-,20-,21+/m1/s1. The van der Waals surface area contributed by atoms with Crippen molar-refractivity contribution in [3.05, 3.63) is 59.9 Å². The summed E-state index contributed by atoms with van der Waals surface area (Å²) in [5, 5.41) is 8.18. The molecule has 1 N–H and O–H groups in total. The lowest BCUT2D eigenvalue weighted by molar-refractivity contribution is -0.140. The van der Waals surface area contributed by atoms with Crippen LogP contribution in [0.25, 0.3) is 11.0 Å². The zero-order chi connectivity index (χ0) is 22.7. The second kappa shape index (κ2) is 7.50. The Morgan fingerprint density at radius 2 is 1.88 bits per heavy atom. The van der Waals surface area contributed by atoms with Crippen LogP contribution in [0, 0.1) is 5.92 Å². The number of carbonyl (C=O) groups excluding carboxylic acids is 3. The highest BCUT2D eigenvalue weighted by Crippen LogP contribution is 2.48. The minimum atomic E-state index is -0.444. The zero-order valence-electron chi connectivity index (χ0n) is 18.3. The Hall–Kier alpha value is -3.55. The van der Waals surface area contributed by atoms with Crippen molar-refractivity contribution >= 4 is 28.6 Å². The number of ketones is 1. The van der Waals surface area contributed by atoms with Gasteiger partial charge in [-0.25, -0.2) is 9.67 Å². The number of aromatic nitrogens is 3. The van der Waals surface area contributed by atoms with Crippen LogP contribution in [0.3, 0.4) is 0 Å². The summed E-state index contributed by atoms with van der Waals surface area (Å²) in [6, 6.07) is 13.6. The van der Waals surface area contributed by atoms with Crippen molar-refractivity contribution in [1.29, 1.82) is 0 Å². The molecule has 0 spiro atoms. The summed E-state index contributed by atoms with van der Waals surface area (Å²) >= 11 is 0. The molecule has 5 atom stereocenters. The van der Waals surface area contributed by atoms with Crippen LogP contribution < -0.4 is 5.32 Å². The number of benzene rings is 1. The Bertz CT molecular complexity index is 1270. The fraction of sp³-hybridized carbons (Fsp3) is 0.400. The molecular formula is C25H25N5O3. The molecule has 33 heavy (non-hydrogen) atoms. The molecule has 3 aromatic rings. The third kappa shape index (κ3) is 3.50. The van der Waals surface area contributed by atoms with Crippen molar-refractivity contribution in [3.63, 3.8) is 0 Å². The van der Waals surface area contributed by atoms with Crippen LogP contribution in [-0.2, 0) is 16.1 Å². The summed E-state index contributed by atoms with van der Waals surface area (Å²) < 4.78 is 1.49. The lowest BCUT2D eigenvalue weighted by atomic mass is 10.1. The number of hydrogen-bond acceptors (Lipinski definition) is 5. The van der Waals surface area contributed by atoms with Crippen LogP contribution in [0.2, 0.25) is 0 Å². The molecule has 3 fully saturated rings. The molecule has 2 aliphatic carbocycles. The Balaban J connectivity index is 1.18. The zero-order valence-corrected chi connectivity index (χ0v) is 18.3. The highest BCUT2D eigenvalue weighted by molar-refractivity contribution is 6.04. The van der Waals surface area contributed by atoms with E-state index in [4.69, 9.17) is 0 Å². The van der Waals surface area contributed by atoms with Crippen LogP contribution in [0.4, 0.5) is 0 Å². The van der Waals surface area contributed by atoms with E-state index in [1.807, 2.05) is 18.2 Å². The largest absolute Gasteiger partial charge is 0.351 e. The second-order valence-electron chi connectivity index (χ2n) is 9.42. The Kier molecular flexibility index (Phi) is 4.57. The maximum absolute atomic E-state index is 13.3. The van der Waals surface area contributed by atoms with E-state index in [2.05, 4.69) is 27.5 Å². The molecule has 168 valence electrons. The number of amides is 2. The number of carbonyl (C=O) groups is 3. The maximum atomic E-state index is 13.3. The summed E-state index contributed by atoms with van der Waals surface area (Å²) in [4.78, 5) is 44.6. The fourth-order valence-corrected chi connectivity index (χ4v) is 5.34. The molecule has 3 aliphatic rings. The van der Waals surface area contributed by atoms with Gasteiger partial charge in [0.15, 0.2) is 11.4 Å². The SMILES string of the molecule is CC(=O)c1nn(CC(=O)N2[C@@H]3C[C@@H]3C[C@H]2C(=O)N[C@@H]2C[C@H]2c2ccccc2)c2ncccc12. The number of fused-ring (bicyclic) bond motifs is 2. The molecule has 2 saturated carbocycles. The van der Waals surface area contributed by atoms with Crippen LogP contribution >= 0.6 is 0 Å². The molecule has 1 aliphatic heterocycles. The number of Topliss-reactive ketones (excluding diaryl/α,β-unsaturated/α-hetero) is 1. The normalized spacial score (nSPS) is 27.3. The van der Waals surface area contributed by atoms with Gasteiger partial charge < -0.3 is 10.2 Å². The molecule has 0 unspecified atom stereocenters. The minimum Gasteiger partial charge on any atom is -0.351 e. The van der Waals surface area contributed by atoms with Gasteiger partial charge in [0.2, 0.25) is 11.8 Å². The quantitative estimate of drug-likeness (QED) is 0.590. The highest BCUT2D eigenvalue weighted by Gasteiger charge is 2.56. The lowest BCUT2D eigenvalue weighted by Crippen LogP contribution is -2.49. The monoisotopic (exact) mass is 443 g/mol. The van der Waals surface area contributed by atoms with Gasteiger partial charge in [-0.3, -0.25) is 14.4 Å². The Morgan fingerprint density at radius 3 is 2.67 bits per heavy atom. The van der Waals surface area contributed by atoms with E-state index < -0.39 is 6.04 Å². The first-order valence-corrected chi connectivity index (χ1v) is 11.5. The Labute approximate surface area is 191 Å². The van der Waals surface area contributed by atoms with Crippen LogP contribution in [0.1, 0.15) is 48.2 Å². The van der Waals surface area contributed by atoms with Crippen molar-refractivity contribution in [2.24, 2.45) is 5.92 Å². The summed E-state index contributed by atoms with van der Waals surface area (Å²) in [6.45, 7) is 1.42. The van der Waals surface area contributed by atoms with Gasteiger partial charge in [0.1, 0.15) is 18.3 Å². The summed E-state index contributed by atoms with van der Waals surface area (Å²) in [7, 11) is 0. The topological polar surface area (TPSA) is 97.2 Å². The number of hydrogen-bond donors (Lipinski definition) is 1. The van der Waals surface area contributed by atoms with E-state index >= 15 is 0 Å². The lowest BCUT2D eigenvalue weighted by Gasteiger charge is -2.27. The first-order chi connectivity index (χ1) is 16.0. The number of pyridine rings is 1. The number of likely N-dealkylation sites (tertiary alicyclic amines) is 1. The maximum Gasteiger partial charge on any atom is 0.245 e. The van der Waals surface area contributed by atoms with Gasteiger partial charge in [0, 0.05) is 31.1 Å². The first-order valence-electron chi connectivity index (χ1n) is 11.5. The molecule has 8 heteroatoms. The van der Waals surface area contributed by atoms with Gasteiger partial charge in [0.25, 0.3) is 0 Å². The first kappa shape index (κ1) is 20.1. The molecule has 1 aromatic carbocycles. The van der Waals surface area contributed by atoms with Gasteiger partial charge in [-0.05, 0) is 42.9 Å². The van der Waals surface area contributed by atoms with Gasteiger partial charge in [-0.1, -0.05) is 30.3 Å². The minimum absolute atomic E-state index is 0.0378. The molecule has 8 nitrogen and oxygen atoms in total. The molecule has 3 heterocycles. The van der Waals surface area contributed by atoms with Crippen LogP contribution in [0.5, 0.6) is 0 Å². The van der Waals surface area contributed by atoms with E-state index in [-0.39, 0.29) is 36.2 Å². The van der Waals surface area contributed by atoms with Crippen molar-refractivity contribution in [2.45, 2.75) is 56.8 Å². The average molecular weight is 444 g/mol. The van der Waals surface area contributed by atoms with Crippen molar-refractivity contribution in [3.8, 4) is 0 Å². The number of nitrogens with zero attached hydrogens (tertiary/aromatic N) is 4. The number of rotatable bonds is 6.